The number of unbranched alkanes of at least 4 members (excludes halogenated alkanes) is 1. The van der Waals surface area contributed by atoms with Gasteiger partial charge < -0.3 is 0 Å². The largest absolute Gasteiger partial charge is 0.0654 e. The normalized spacial score (nSPS) is 32.4. The summed E-state index contributed by atoms with van der Waals surface area (Å²) in [4.78, 5) is 0. The van der Waals surface area contributed by atoms with Crippen molar-refractivity contribution in [2.75, 3.05) is 0 Å². The minimum Gasteiger partial charge on any atom is -0.0654 e. The molecule has 1 aliphatic carbocycles. The van der Waals surface area contributed by atoms with Gasteiger partial charge in [-0.1, -0.05) is 73.1 Å². The van der Waals surface area contributed by atoms with Crippen molar-refractivity contribution in [2.45, 2.75) is 79.6 Å². The zero-order chi connectivity index (χ0) is 12.2. The summed E-state index contributed by atoms with van der Waals surface area (Å²) in [5, 5.41) is 0. The molecule has 0 radical (unpaired) electrons. The highest BCUT2D eigenvalue weighted by molar-refractivity contribution is 5.04. The fraction of sp³-hybridized carbons (Fsp3) is 1.00. The lowest BCUT2D eigenvalue weighted by atomic mass is 9.76. The van der Waals surface area contributed by atoms with Gasteiger partial charge in [0.2, 0.25) is 0 Å². The molecular weight excluding hydrogens is 192 g/mol. The molecule has 0 heteroatoms. The van der Waals surface area contributed by atoms with Crippen LogP contribution < -0.4 is 0 Å². The second kappa shape index (κ2) is 6.07. The van der Waals surface area contributed by atoms with Crippen molar-refractivity contribution in [1.29, 1.82) is 0 Å². The maximum atomic E-state index is 2.56. The molecule has 96 valence electrons. The maximum Gasteiger partial charge on any atom is -0.0295 e. The Bertz CT molecular complexity index is 196. The molecule has 4 unspecified atom stereocenters. The van der Waals surface area contributed by atoms with Crippen molar-refractivity contribution < 1.29 is 0 Å². The first kappa shape index (κ1) is 14.1. The van der Waals surface area contributed by atoms with Crippen LogP contribution >= 0.6 is 0 Å². The fourth-order valence-corrected chi connectivity index (χ4v) is 3.92. The third-order valence-electron chi connectivity index (χ3n) is 5.14. The highest BCUT2D eigenvalue weighted by atomic mass is 14.6. The Morgan fingerprint density at radius 3 is 2.06 bits per heavy atom. The summed E-state index contributed by atoms with van der Waals surface area (Å²) in [5.41, 5.74) is 0.649. The Labute approximate surface area is 103 Å². The van der Waals surface area contributed by atoms with Crippen LogP contribution in [0.4, 0.5) is 0 Å². The average Bonchev–Trinajstić information content (AvgIpc) is 3.00. The van der Waals surface area contributed by atoms with Crippen LogP contribution in [0.5, 0.6) is 0 Å². The molecule has 0 aromatic heterocycles. The van der Waals surface area contributed by atoms with Crippen molar-refractivity contribution in [3.05, 3.63) is 0 Å². The first-order chi connectivity index (χ1) is 7.64. The monoisotopic (exact) mass is 224 g/mol. The molecule has 4 atom stereocenters. The van der Waals surface area contributed by atoms with Gasteiger partial charge in [0.05, 0.1) is 0 Å². The highest BCUT2D eigenvalue weighted by Crippen LogP contribution is 2.62. The van der Waals surface area contributed by atoms with E-state index < -0.39 is 0 Å². The van der Waals surface area contributed by atoms with Crippen molar-refractivity contribution in [3.63, 3.8) is 0 Å². The van der Waals surface area contributed by atoms with Crippen LogP contribution in [-0.4, -0.2) is 0 Å². The van der Waals surface area contributed by atoms with Crippen LogP contribution in [0.2, 0.25) is 0 Å². The zero-order valence-corrected chi connectivity index (χ0v) is 12.2. The molecule has 0 bridgehead atoms. The number of hydrogen-bond acceptors (Lipinski definition) is 0. The topological polar surface area (TPSA) is 0 Å². The van der Waals surface area contributed by atoms with Gasteiger partial charge in [-0.3, -0.25) is 0 Å². The first-order valence-corrected chi connectivity index (χ1v) is 7.64. The van der Waals surface area contributed by atoms with E-state index >= 15 is 0 Å². The van der Waals surface area contributed by atoms with E-state index in [2.05, 4.69) is 34.6 Å². The standard InChI is InChI=1S/C16H32/c1-6-10-12-16(5,9-4)15-13(8-3)14(15)11-7-2/h13-15H,6-12H2,1-5H3. The molecule has 1 fully saturated rings. The van der Waals surface area contributed by atoms with Gasteiger partial charge in [-0.05, 0) is 29.6 Å². The predicted octanol–water partition coefficient (Wildman–Crippen LogP) is 5.67. The molecular formula is C16H32. The van der Waals surface area contributed by atoms with Crippen LogP contribution in [0.1, 0.15) is 79.6 Å². The second-order valence-electron chi connectivity index (χ2n) is 6.16. The molecule has 0 aromatic carbocycles. The average molecular weight is 224 g/mol. The molecule has 1 rings (SSSR count). The van der Waals surface area contributed by atoms with Gasteiger partial charge in [-0.2, -0.15) is 0 Å². The molecule has 0 amide bonds. The molecule has 0 heterocycles. The molecule has 16 heavy (non-hydrogen) atoms. The summed E-state index contributed by atoms with van der Waals surface area (Å²) in [7, 11) is 0. The minimum atomic E-state index is 0.649. The molecule has 0 aromatic rings. The van der Waals surface area contributed by atoms with E-state index in [-0.39, 0.29) is 0 Å². The predicted molar refractivity (Wildman–Crippen MR) is 73.6 cm³/mol. The van der Waals surface area contributed by atoms with Crippen LogP contribution in [-0.2, 0) is 0 Å². The SMILES string of the molecule is CCCCC(C)(CC)C1C(CC)C1CCC. The quantitative estimate of drug-likeness (QED) is 0.498. The highest BCUT2D eigenvalue weighted by Gasteiger charge is 2.55. The second-order valence-corrected chi connectivity index (χ2v) is 6.16. The third-order valence-corrected chi connectivity index (χ3v) is 5.14. The molecule has 0 nitrogen and oxygen atoms in total. The van der Waals surface area contributed by atoms with E-state index in [1.54, 1.807) is 0 Å². The molecule has 1 aliphatic rings. The van der Waals surface area contributed by atoms with E-state index in [1.807, 2.05) is 0 Å². The van der Waals surface area contributed by atoms with Crippen molar-refractivity contribution in [1.82, 2.24) is 0 Å². The summed E-state index contributed by atoms with van der Waals surface area (Å²) in [5.74, 6) is 3.17. The van der Waals surface area contributed by atoms with E-state index in [0.29, 0.717) is 5.41 Å². The van der Waals surface area contributed by atoms with Gasteiger partial charge in [0.25, 0.3) is 0 Å². The fourth-order valence-electron chi connectivity index (χ4n) is 3.92. The Kier molecular flexibility index (Phi) is 5.34. The Morgan fingerprint density at radius 2 is 1.62 bits per heavy atom. The molecule has 0 spiro atoms. The summed E-state index contributed by atoms with van der Waals surface area (Å²) in [6.07, 6.45) is 9.90. The minimum absolute atomic E-state index is 0.649. The number of hydrogen-bond donors (Lipinski definition) is 0. The third kappa shape index (κ3) is 2.81. The summed E-state index contributed by atoms with van der Waals surface area (Å²) in [6.45, 7) is 12.0. The summed E-state index contributed by atoms with van der Waals surface area (Å²) < 4.78 is 0. The van der Waals surface area contributed by atoms with Crippen molar-refractivity contribution >= 4 is 0 Å². The van der Waals surface area contributed by atoms with Gasteiger partial charge in [0, 0.05) is 0 Å². The smallest absolute Gasteiger partial charge is 0.0295 e. The maximum absolute atomic E-state index is 2.56. The summed E-state index contributed by atoms with van der Waals surface area (Å²) >= 11 is 0. The molecule has 0 saturated heterocycles. The Balaban J connectivity index is 2.58. The molecule has 0 N–H and O–H groups in total. The zero-order valence-electron chi connectivity index (χ0n) is 12.2. The van der Waals surface area contributed by atoms with E-state index in [9.17, 15) is 0 Å². The summed E-state index contributed by atoms with van der Waals surface area (Å²) in [6, 6.07) is 0. The van der Waals surface area contributed by atoms with Gasteiger partial charge >= 0.3 is 0 Å². The van der Waals surface area contributed by atoms with Gasteiger partial charge in [-0.25, -0.2) is 0 Å². The molecule has 0 aliphatic heterocycles. The van der Waals surface area contributed by atoms with E-state index in [4.69, 9.17) is 0 Å². The van der Waals surface area contributed by atoms with Gasteiger partial charge in [0.1, 0.15) is 0 Å². The van der Waals surface area contributed by atoms with Gasteiger partial charge in [-0.15, -0.1) is 0 Å². The van der Waals surface area contributed by atoms with Crippen LogP contribution in [0, 0.1) is 23.2 Å². The van der Waals surface area contributed by atoms with Crippen molar-refractivity contribution in [3.8, 4) is 0 Å². The Morgan fingerprint density at radius 1 is 0.938 bits per heavy atom. The lowest BCUT2D eigenvalue weighted by molar-refractivity contribution is 0.207. The van der Waals surface area contributed by atoms with Crippen LogP contribution in [0.15, 0.2) is 0 Å². The lowest BCUT2D eigenvalue weighted by Gasteiger charge is -2.29. The molecule has 1 saturated carbocycles. The first-order valence-electron chi connectivity index (χ1n) is 7.64. The number of rotatable bonds is 8. The Hall–Kier alpha value is 0. The van der Waals surface area contributed by atoms with E-state index in [1.165, 1.54) is 44.9 Å². The van der Waals surface area contributed by atoms with Crippen LogP contribution in [0.3, 0.4) is 0 Å². The lowest BCUT2D eigenvalue weighted by Crippen LogP contribution is -2.20. The van der Waals surface area contributed by atoms with E-state index in [0.717, 1.165) is 17.8 Å². The van der Waals surface area contributed by atoms with Crippen molar-refractivity contribution in [2.24, 2.45) is 23.2 Å². The van der Waals surface area contributed by atoms with Gasteiger partial charge in [0.15, 0.2) is 0 Å². The van der Waals surface area contributed by atoms with Crippen LogP contribution in [0.25, 0.3) is 0 Å².